The van der Waals surface area contributed by atoms with E-state index in [0.717, 1.165) is 54.4 Å². The summed E-state index contributed by atoms with van der Waals surface area (Å²) in [6, 6.07) is 21.6. The number of carbonyl (C=O) groups is 2. The maximum Gasteiger partial charge on any atom is 0.260 e. The van der Waals surface area contributed by atoms with Crippen LogP contribution in [0.1, 0.15) is 62.2 Å². The average Bonchev–Trinajstić information content (AvgIpc) is 3.78. The van der Waals surface area contributed by atoms with Gasteiger partial charge in [-0.2, -0.15) is 0 Å². The minimum atomic E-state index is -0.0622. The molecule has 4 aromatic carbocycles. The molecule has 0 bridgehead atoms. The SMILES string of the molecule is CNc1cc(OCc2cc(C)cc(COc3cc(N=CC4Cc5ccccc5N4C)c(C=O)cc3OC)c2)c(OC)cc1C(=O)N1CCC2=C1C=CCC2. The standard InChI is InChI=1S/C44H46N4O6/c1-28-16-29(26-53-42-22-36(33(25-49)20-40(42)51-4)46-24-34-19-32-11-7-8-12-38(32)47(34)3)18-30(17-28)27-54-43-23-37(45-2)35(21-41(43)52-5)44(50)48-15-14-31-10-6-9-13-39(31)48/h7-9,11-13,16-18,20-25,34,45H,6,10,14-15,19,26-27H2,1-5H3. The number of aliphatic imine (C=N–C) groups is 1. The zero-order valence-electron chi connectivity index (χ0n) is 31.5. The van der Waals surface area contributed by atoms with Gasteiger partial charge in [0.2, 0.25) is 0 Å². The predicted octanol–water partition coefficient (Wildman–Crippen LogP) is 8.24. The summed E-state index contributed by atoms with van der Waals surface area (Å²) >= 11 is 0. The highest BCUT2D eigenvalue weighted by Crippen LogP contribution is 2.39. The fourth-order valence-electron chi connectivity index (χ4n) is 7.54. The molecule has 2 aliphatic heterocycles. The van der Waals surface area contributed by atoms with Gasteiger partial charge in [0, 0.05) is 55.9 Å². The maximum absolute atomic E-state index is 13.8. The molecular weight excluding hydrogens is 681 g/mol. The molecule has 1 amide bonds. The molecule has 278 valence electrons. The lowest BCUT2D eigenvalue weighted by molar-refractivity contribution is 0.0823. The topological polar surface area (TPSA) is 102 Å². The fraction of sp³-hybridized carbons (Fsp3) is 0.295. The maximum atomic E-state index is 13.8. The minimum absolute atomic E-state index is 0.0622. The van der Waals surface area contributed by atoms with Gasteiger partial charge in [-0.1, -0.05) is 42.0 Å². The summed E-state index contributed by atoms with van der Waals surface area (Å²) in [4.78, 5) is 34.7. The molecule has 1 aliphatic carbocycles. The first-order chi connectivity index (χ1) is 26.3. The van der Waals surface area contributed by atoms with E-state index in [1.807, 2.05) is 42.3 Å². The van der Waals surface area contributed by atoms with Crippen molar-refractivity contribution in [2.75, 3.05) is 45.1 Å². The summed E-state index contributed by atoms with van der Waals surface area (Å²) in [6.07, 6.45) is 10.7. The lowest BCUT2D eigenvalue weighted by Gasteiger charge is -2.23. The number of hydrogen-bond donors (Lipinski definition) is 1. The van der Waals surface area contributed by atoms with Gasteiger partial charge in [0.1, 0.15) is 13.2 Å². The van der Waals surface area contributed by atoms with Crippen molar-refractivity contribution < 1.29 is 28.5 Å². The van der Waals surface area contributed by atoms with Crippen molar-refractivity contribution in [2.45, 2.75) is 51.9 Å². The summed E-state index contributed by atoms with van der Waals surface area (Å²) in [6.45, 7) is 3.22. The zero-order chi connectivity index (χ0) is 37.8. The predicted molar refractivity (Wildman–Crippen MR) is 212 cm³/mol. The van der Waals surface area contributed by atoms with Gasteiger partial charge in [-0.3, -0.25) is 14.6 Å². The second kappa shape index (κ2) is 15.9. The van der Waals surface area contributed by atoms with Gasteiger partial charge >= 0.3 is 0 Å². The van der Waals surface area contributed by atoms with Crippen LogP contribution >= 0.6 is 0 Å². The number of fused-ring (bicyclic) bond motifs is 1. The van der Waals surface area contributed by atoms with E-state index in [2.05, 4.69) is 53.7 Å². The van der Waals surface area contributed by atoms with E-state index >= 15 is 0 Å². The Balaban J connectivity index is 1.05. The van der Waals surface area contributed by atoms with Gasteiger partial charge in [0.15, 0.2) is 29.3 Å². The van der Waals surface area contributed by atoms with Crippen LogP contribution in [0.4, 0.5) is 17.1 Å². The fourth-order valence-corrected chi connectivity index (χ4v) is 7.54. The smallest absolute Gasteiger partial charge is 0.260 e. The molecule has 0 radical (unpaired) electrons. The average molecular weight is 727 g/mol. The molecule has 1 atom stereocenters. The molecule has 0 fully saturated rings. The summed E-state index contributed by atoms with van der Waals surface area (Å²) in [5.41, 5.74) is 9.88. The number of nitrogens with one attached hydrogen (secondary N) is 1. The highest BCUT2D eigenvalue weighted by atomic mass is 16.5. The number of benzene rings is 4. The number of methoxy groups -OCH3 is 2. The lowest BCUT2D eigenvalue weighted by atomic mass is 10.0. The Kier molecular flexibility index (Phi) is 10.7. The number of carbonyl (C=O) groups excluding carboxylic acids is 2. The van der Waals surface area contributed by atoms with Crippen LogP contribution in [0.2, 0.25) is 0 Å². The molecule has 3 aliphatic rings. The van der Waals surface area contributed by atoms with Crippen LogP contribution in [-0.2, 0) is 19.6 Å². The van der Waals surface area contributed by atoms with Gasteiger partial charge in [-0.05, 0) is 85.2 Å². The largest absolute Gasteiger partial charge is 0.493 e. The molecule has 2 heterocycles. The number of amides is 1. The highest BCUT2D eigenvalue weighted by molar-refractivity contribution is 6.02. The Labute approximate surface area is 316 Å². The number of nitrogens with zero attached hydrogens (tertiary/aromatic N) is 3. The van der Waals surface area contributed by atoms with Crippen molar-refractivity contribution >= 4 is 35.5 Å². The molecule has 0 aromatic heterocycles. The number of para-hydroxylation sites is 1. The molecule has 0 saturated carbocycles. The van der Waals surface area contributed by atoms with Crippen molar-refractivity contribution in [2.24, 2.45) is 4.99 Å². The molecule has 0 spiro atoms. The number of likely N-dealkylation sites (N-methyl/N-ethyl adjacent to an activating group) is 1. The lowest BCUT2D eigenvalue weighted by Crippen LogP contribution is -2.28. The van der Waals surface area contributed by atoms with Gasteiger partial charge in [-0.15, -0.1) is 0 Å². The number of allylic oxidation sites excluding steroid dienone is 2. The third-order valence-electron chi connectivity index (χ3n) is 10.3. The van der Waals surface area contributed by atoms with E-state index < -0.39 is 0 Å². The Morgan fingerprint density at radius 1 is 0.926 bits per heavy atom. The van der Waals surface area contributed by atoms with Gasteiger partial charge in [-0.25, -0.2) is 0 Å². The second-order valence-corrected chi connectivity index (χ2v) is 13.8. The minimum Gasteiger partial charge on any atom is -0.493 e. The molecule has 0 saturated heterocycles. The van der Waals surface area contributed by atoms with Crippen molar-refractivity contribution in [3.8, 4) is 23.0 Å². The zero-order valence-corrected chi connectivity index (χ0v) is 31.5. The second-order valence-electron chi connectivity index (χ2n) is 13.8. The van der Waals surface area contributed by atoms with Crippen molar-refractivity contribution in [1.29, 1.82) is 0 Å². The van der Waals surface area contributed by atoms with Crippen LogP contribution in [0, 0.1) is 6.92 Å². The number of ether oxygens (including phenoxy) is 4. The number of rotatable bonds is 13. The van der Waals surface area contributed by atoms with Crippen LogP contribution in [0.15, 0.2) is 95.1 Å². The van der Waals surface area contributed by atoms with E-state index in [0.29, 0.717) is 52.0 Å². The number of aryl methyl sites for hydroxylation is 1. The molecule has 4 aromatic rings. The normalized spacial score (nSPS) is 16.1. The molecule has 1 unspecified atom stereocenters. The Hall–Kier alpha value is -6.03. The van der Waals surface area contributed by atoms with Crippen molar-refractivity contribution in [3.63, 3.8) is 0 Å². The Morgan fingerprint density at radius 2 is 1.65 bits per heavy atom. The summed E-state index contributed by atoms with van der Waals surface area (Å²) in [7, 11) is 6.99. The summed E-state index contributed by atoms with van der Waals surface area (Å²) in [5, 5.41) is 3.19. The van der Waals surface area contributed by atoms with Crippen LogP contribution in [0.3, 0.4) is 0 Å². The van der Waals surface area contributed by atoms with Crippen molar-refractivity contribution in [1.82, 2.24) is 4.90 Å². The number of hydrogen-bond acceptors (Lipinski definition) is 9. The monoisotopic (exact) mass is 726 g/mol. The number of aldehydes is 1. The molecule has 7 rings (SSSR count). The quantitative estimate of drug-likeness (QED) is 0.109. The van der Waals surface area contributed by atoms with Crippen LogP contribution in [-0.4, -0.2) is 64.2 Å². The summed E-state index contributed by atoms with van der Waals surface area (Å²) < 4.78 is 24.0. The van der Waals surface area contributed by atoms with Gasteiger partial charge in [0.05, 0.1) is 37.2 Å². The van der Waals surface area contributed by atoms with Crippen LogP contribution in [0.25, 0.3) is 0 Å². The third kappa shape index (κ3) is 7.42. The van der Waals surface area contributed by atoms with Crippen LogP contribution in [0.5, 0.6) is 23.0 Å². The molecule has 10 heteroatoms. The van der Waals surface area contributed by atoms with E-state index in [-0.39, 0.29) is 25.2 Å². The highest BCUT2D eigenvalue weighted by Gasteiger charge is 2.30. The van der Waals surface area contributed by atoms with E-state index in [4.69, 9.17) is 23.9 Å². The molecular formula is C44H46N4O6. The Bertz CT molecular complexity index is 2170. The van der Waals surface area contributed by atoms with Gasteiger partial charge in [0.25, 0.3) is 5.91 Å². The first kappa shape index (κ1) is 36.3. The van der Waals surface area contributed by atoms with Crippen molar-refractivity contribution in [3.05, 3.63) is 124 Å². The summed E-state index contributed by atoms with van der Waals surface area (Å²) in [5.74, 6) is 1.88. The first-order valence-corrected chi connectivity index (χ1v) is 18.3. The number of anilines is 2. The first-order valence-electron chi connectivity index (χ1n) is 18.3. The third-order valence-corrected chi connectivity index (χ3v) is 10.3. The van der Waals surface area contributed by atoms with E-state index in [9.17, 15) is 9.59 Å². The molecule has 1 N–H and O–H groups in total. The molecule has 10 nitrogen and oxygen atoms in total. The van der Waals surface area contributed by atoms with Crippen LogP contribution < -0.4 is 29.2 Å². The Morgan fingerprint density at radius 3 is 2.35 bits per heavy atom. The van der Waals surface area contributed by atoms with E-state index in [1.165, 1.54) is 16.8 Å². The van der Waals surface area contributed by atoms with Gasteiger partial charge < -0.3 is 34.1 Å². The van der Waals surface area contributed by atoms with E-state index in [1.54, 1.807) is 39.5 Å². The molecule has 54 heavy (non-hydrogen) atoms.